The lowest BCUT2D eigenvalue weighted by Gasteiger charge is -2.08. The molecule has 1 aromatic rings. The zero-order chi connectivity index (χ0) is 11.8. The van der Waals surface area contributed by atoms with Crippen LogP contribution >= 0.6 is 0 Å². The zero-order valence-corrected chi connectivity index (χ0v) is 9.95. The van der Waals surface area contributed by atoms with E-state index in [0.717, 1.165) is 31.9 Å². The van der Waals surface area contributed by atoms with Crippen LogP contribution in [0.25, 0.3) is 0 Å². The molecule has 90 valence electrons. The van der Waals surface area contributed by atoms with Crippen molar-refractivity contribution in [2.45, 2.75) is 6.42 Å². The van der Waals surface area contributed by atoms with Crippen molar-refractivity contribution in [2.24, 2.45) is 0 Å². The molecule has 0 amide bonds. The van der Waals surface area contributed by atoms with Crippen LogP contribution in [0.5, 0.6) is 5.75 Å². The number of nitrogens with two attached hydrogens (primary N) is 1. The van der Waals surface area contributed by atoms with E-state index in [4.69, 9.17) is 15.2 Å². The number of hydrogen-bond acceptors (Lipinski definition) is 4. The van der Waals surface area contributed by atoms with Crippen LogP contribution in [-0.2, 0) is 11.2 Å². The summed E-state index contributed by atoms with van der Waals surface area (Å²) >= 11 is 0. The van der Waals surface area contributed by atoms with Crippen molar-refractivity contribution in [1.82, 2.24) is 5.32 Å². The predicted molar refractivity (Wildman–Crippen MR) is 65.9 cm³/mol. The van der Waals surface area contributed by atoms with Crippen molar-refractivity contribution < 1.29 is 9.47 Å². The zero-order valence-electron chi connectivity index (χ0n) is 9.95. The molecule has 0 saturated carbocycles. The third-order valence-corrected chi connectivity index (χ3v) is 2.37. The minimum Gasteiger partial charge on any atom is -0.495 e. The van der Waals surface area contributed by atoms with Crippen molar-refractivity contribution in [3.63, 3.8) is 0 Å². The van der Waals surface area contributed by atoms with Gasteiger partial charge in [-0.15, -0.1) is 0 Å². The van der Waals surface area contributed by atoms with Gasteiger partial charge >= 0.3 is 0 Å². The first-order valence-electron chi connectivity index (χ1n) is 5.40. The summed E-state index contributed by atoms with van der Waals surface area (Å²) in [6.07, 6.45) is 0.956. The monoisotopic (exact) mass is 224 g/mol. The smallest absolute Gasteiger partial charge is 0.141 e. The highest BCUT2D eigenvalue weighted by Crippen LogP contribution is 2.21. The lowest BCUT2D eigenvalue weighted by atomic mass is 10.1. The number of rotatable bonds is 7. The molecule has 4 nitrogen and oxygen atoms in total. The summed E-state index contributed by atoms with van der Waals surface area (Å²) in [7, 11) is 3.32. The van der Waals surface area contributed by atoms with Gasteiger partial charge in [0, 0.05) is 13.7 Å². The number of ether oxygens (including phenoxy) is 2. The SMILES string of the molecule is COCCNCCc1ccc(OC)c(N)c1. The summed E-state index contributed by atoms with van der Waals surface area (Å²) in [5.41, 5.74) is 7.72. The molecule has 0 spiro atoms. The van der Waals surface area contributed by atoms with Gasteiger partial charge in [0.1, 0.15) is 5.75 Å². The van der Waals surface area contributed by atoms with Gasteiger partial charge in [-0.3, -0.25) is 0 Å². The Kier molecular flexibility index (Phi) is 5.67. The van der Waals surface area contributed by atoms with Crippen molar-refractivity contribution in [3.05, 3.63) is 23.8 Å². The molecule has 4 heteroatoms. The highest BCUT2D eigenvalue weighted by molar-refractivity contribution is 5.54. The molecule has 0 aliphatic heterocycles. The minimum absolute atomic E-state index is 0.692. The maximum absolute atomic E-state index is 5.82. The third kappa shape index (κ3) is 4.08. The molecular formula is C12H20N2O2. The van der Waals surface area contributed by atoms with E-state index in [1.165, 1.54) is 5.56 Å². The molecule has 0 saturated heterocycles. The van der Waals surface area contributed by atoms with E-state index in [1.807, 2.05) is 18.2 Å². The Morgan fingerprint density at radius 1 is 1.25 bits per heavy atom. The van der Waals surface area contributed by atoms with Crippen LogP contribution in [-0.4, -0.2) is 33.9 Å². The van der Waals surface area contributed by atoms with Crippen LogP contribution in [0.3, 0.4) is 0 Å². The summed E-state index contributed by atoms with van der Waals surface area (Å²) in [5, 5.41) is 3.29. The number of hydrogen-bond donors (Lipinski definition) is 2. The van der Waals surface area contributed by atoms with Crippen LogP contribution in [0.15, 0.2) is 18.2 Å². The molecule has 1 rings (SSSR count). The molecule has 0 unspecified atom stereocenters. The Balaban J connectivity index is 2.34. The Bertz CT molecular complexity index is 316. The van der Waals surface area contributed by atoms with E-state index in [0.29, 0.717) is 5.69 Å². The summed E-state index contributed by atoms with van der Waals surface area (Å²) in [5.74, 6) is 0.732. The van der Waals surface area contributed by atoms with Crippen molar-refractivity contribution in [3.8, 4) is 5.75 Å². The maximum Gasteiger partial charge on any atom is 0.141 e. The molecule has 0 bridgehead atoms. The summed E-state index contributed by atoms with van der Waals surface area (Å²) in [4.78, 5) is 0. The van der Waals surface area contributed by atoms with Crippen LogP contribution in [0, 0.1) is 0 Å². The first kappa shape index (κ1) is 12.8. The van der Waals surface area contributed by atoms with Crippen LogP contribution < -0.4 is 15.8 Å². The number of anilines is 1. The molecule has 0 aromatic heterocycles. The quantitative estimate of drug-likeness (QED) is 0.537. The topological polar surface area (TPSA) is 56.5 Å². The number of nitrogens with one attached hydrogen (secondary N) is 1. The van der Waals surface area contributed by atoms with E-state index in [-0.39, 0.29) is 0 Å². The van der Waals surface area contributed by atoms with Gasteiger partial charge in [-0.2, -0.15) is 0 Å². The van der Waals surface area contributed by atoms with E-state index in [2.05, 4.69) is 5.32 Å². The van der Waals surface area contributed by atoms with Gasteiger partial charge in [0.15, 0.2) is 0 Å². The molecule has 1 aromatic carbocycles. The fourth-order valence-corrected chi connectivity index (χ4v) is 1.47. The molecule has 0 fully saturated rings. The third-order valence-electron chi connectivity index (χ3n) is 2.37. The van der Waals surface area contributed by atoms with Crippen LogP contribution in [0.4, 0.5) is 5.69 Å². The van der Waals surface area contributed by atoms with Gasteiger partial charge in [0.2, 0.25) is 0 Å². The van der Waals surface area contributed by atoms with Crippen molar-refractivity contribution in [2.75, 3.05) is 39.6 Å². The maximum atomic E-state index is 5.82. The second-order valence-electron chi connectivity index (χ2n) is 3.57. The largest absolute Gasteiger partial charge is 0.495 e. The van der Waals surface area contributed by atoms with Crippen LogP contribution in [0.2, 0.25) is 0 Å². The lowest BCUT2D eigenvalue weighted by molar-refractivity contribution is 0.199. The average Bonchev–Trinajstić information content (AvgIpc) is 2.29. The van der Waals surface area contributed by atoms with Gasteiger partial charge < -0.3 is 20.5 Å². The van der Waals surface area contributed by atoms with E-state index >= 15 is 0 Å². The molecule has 0 radical (unpaired) electrons. The second-order valence-corrected chi connectivity index (χ2v) is 3.57. The number of nitrogen functional groups attached to an aromatic ring is 1. The standard InChI is InChI=1S/C12H20N2O2/c1-15-8-7-14-6-5-10-3-4-12(16-2)11(13)9-10/h3-4,9,14H,5-8,13H2,1-2H3. The number of benzene rings is 1. The summed E-state index contributed by atoms with van der Waals surface area (Å²) in [6, 6.07) is 5.89. The van der Waals surface area contributed by atoms with Gasteiger partial charge in [-0.05, 0) is 30.7 Å². The van der Waals surface area contributed by atoms with Crippen molar-refractivity contribution in [1.29, 1.82) is 0 Å². The van der Waals surface area contributed by atoms with E-state index in [1.54, 1.807) is 14.2 Å². The first-order valence-corrected chi connectivity index (χ1v) is 5.40. The highest BCUT2D eigenvalue weighted by atomic mass is 16.5. The van der Waals surface area contributed by atoms with Gasteiger partial charge in [-0.25, -0.2) is 0 Å². The van der Waals surface area contributed by atoms with E-state index in [9.17, 15) is 0 Å². The van der Waals surface area contributed by atoms with Crippen LogP contribution in [0.1, 0.15) is 5.56 Å². The first-order chi connectivity index (χ1) is 7.77. The second kappa shape index (κ2) is 7.09. The highest BCUT2D eigenvalue weighted by Gasteiger charge is 2.00. The molecule has 16 heavy (non-hydrogen) atoms. The van der Waals surface area contributed by atoms with Crippen molar-refractivity contribution >= 4 is 5.69 Å². The Labute approximate surface area is 96.7 Å². The van der Waals surface area contributed by atoms with E-state index < -0.39 is 0 Å². The Morgan fingerprint density at radius 2 is 2.06 bits per heavy atom. The molecule has 0 atom stereocenters. The molecule has 3 N–H and O–H groups in total. The van der Waals surface area contributed by atoms with Gasteiger partial charge in [0.25, 0.3) is 0 Å². The molecule has 0 aliphatic carbocycles. The Hall–Kier alpha value is -1.26. The normalized spacial score (nSPS) is 10.4. The molecule has 0 aliphatic rings. The summed E-state index contributed by atoms with van der Waals surface area (Å²) < 4.78 is 10.0. The lowest BCUT2D eigenvalue weighted by Crippen LogP contribution is -2.21. The Morgan fingerprint density at radius 3 is 2.69 bits per heavy atom. The molecular weight excluding hydrogens is 204 g/mol. The average molecular weight is 224 g/mol. The summed E-state index contributed by atoms with van der Waals surface area (Å²) in [6.45, 7) is 2.54. The molecule has 0 heterocycles. The fraction of sp³-hybridized carbons (Fsp3) is 0.500. The van der Waals surface area contributed by atoms with Gasteiger partial charge in [0.05, 0.1) is 19.4 Å². The minimum atomic E-state index is 0.692. The predicted octanol–water partition coefficient (Wildman–Crippen LogP) is 1.06. The fourth-order valence-electron chi connectivity index (χ4n) is 1.47. The van der Waals surface area contributed by atoms with Gasteiger partial charge in [-0.1, -0.05) is 6.07 Å². The number of methoxy groups -OCH3 is 2.